The van der Waals surface area contributed by atoms with Gasteiger partial charge in [-0.15, -0.1) is 0 Å². The van der Waals surface area contributed by atoms with Crippen LogP contribution in [0.25, 0.3) is 0 Å². The minimum atomic E-state index is -0.548. The number of nitrogens with one attached hydrogen (secondary N) is 1. The minimum absolute atomic E-state index is 0.161. The fourth-order valence-electron chi connectivity index (χ4n) is 2.93. The van der Waals surface area contributed by atoms with Crippen LogP contribution in [0.1, 0.15) is 34.1 Å². The van der Waals surface area contributed by atoms with Crippen LogP contribution in [0.4, 0.5) is 5.82 Å². The third-order valence-corrected chi connectivity index (χ3v) is 4.80. The van der Waals surface area contributed by atoms with Crippen molar-refractivity contribution in [2.24, 2.45) is 13.0 Å². The van der Waals surface area contributed by atoms with E-state index >= 15 is 0 Å². The first-order valence-corrected chi connectivity index (χ1v) is 8.45. The van der Waals surface area contributed by atoms with Gasteiger partial charge in [0.2, 0.25) is 5.91 Å². The SMILES string of the molecule is COC(=O)c1cnc(NC(=O)[C@H]2CCO[C@@H]2c2cnn(C)c2C)c(Cl)c1. The van der Waals surface area contributed by atoms with Crippen molar-refractivity contribution in [3.8, 4) is 0 Å². The predicted molar refractivity (Wildman–Crippen MR) is 94.0 cm³/mol. The second kappa shape index (κ2) is 7.43. The van der Waals surface area contributed by atoms with Crippen LogP contribution in [0.2, 0.25) is 5.02 Å². The summed E-state index contributed by atoms with van der Waals surface area (Å²) in [5.41, 5.74) is 2.06. The number of methoxy groups -OCH3 is 1. The number of rotatable bonds is 4. The molecule has 0 bridgehead atoms. The second-order valence-corrected chi connectivity index (χ2v) is 6.44. The molecule has 0 aromatic carbocycles. The summed E-state index contributed by atoms with van der Waals surface area (Å²) in [6.07, 6.45) is 3.25. The Labute approximate surface area is 155 Å². The fraction of sp³-hybridized carbons (Fsp3) is 0.412. The number of aryl methyl sites for hydroxylation is 1. The molecular formula is C17H19ClN4O4. The molecule has 2 aromatic rings. The van der Waals surface area contributed by atoms with Crippen molar-refractivity contribution in [3.63, 3.8) is 0 Å². The van der Waals surface area contributed by atoms with Gasteiger partial charge in [-0.2, -0.15) is 5.10 Å². The summed E-state index contributed by atoms with van der Waals surface area (Å²) in [6, 6.07) is 1.41. The molecular weight excluding hydrogens is 360 g/mol. The molecule has 3 rings (SSSR count). The highest BCUT2D eigenvalue weighted by molar-refractivity contribution is 6.33. The Morgan fingerprint density at radius 1 is 1.42 bits per heavy atom. The molecule has 9 heteroatoms. The lowest BCUT2D eigenvalue weighted by Gasteiger charge is -2.18. The molecule has 1 N–H and O–H groups in total. The number of hydrogen-bond donors (Lipinski definition) is 1. The third kappa shape index (κ3) is 3.42. The average Bonchev–Trinajstić information content (AvgIpc) is 3.23. The number of esters is 1. The van der Waals surface area contributed by atoms with Gasteiger partial charge < -0.3 is 14.8 Å². The maximum absolute atomic E-state index is 12.7. The van der Waals surface area contributed by atoms with Crippen molar-refractivity contribution >= 4 is 29.3 Å². The molecule has 0 radical (unpaired) electrons. The Hall–Kier alpha value is -2.45. The van der Waals surface area contributed by atoms with Gasteiger partial charge in [-0.3, -0.25) is 9.48 Å². The van der Waals surface area contributed by atoms with Crippen LogP contribution in [-0.4, -0.2) is 40.4 Å². The molecule has 26 heavy (non-hydrogen) atoms. The lowest BCUT2D eigenvalue weighted by molar-refractivity contribution is -0.121. The van der Waals surface area contributed by atoms with Crippen LogP contribution < -0.4 is 5.32 Å². The Kier molecular flexibility index (Phi) is 5.24. The van der Waals surface area contributed by atoms with E-state index in [4.69, 9.17) is 16.3 Å². The number of aromatic nitrogens is 3. The van der Waals surface area contributed by atoms with E-state index in [1.807, 2.05) is 14.0 Å². The van der Waals surface area contributed by atoms with Gasteiger partial charge in [-0.25, -0.2) is 9.78 Å². The molecule has 8 nitrogen and oxygen atoms in total. The van der Waals surface area contributed by atoms with E-state index < -0.39 is 5.97 Å². The summed E-state index contributed by atoms with van der Waals surface area (Å²) in [7, 11) is 3.11. The van der Waals surface area contributed by atoms with Crippen LogP contribution in [0.5, 0.6) is 0 Å². The zero-order chi connectivity index (χ0) is 18.8. The molecule has 1 aliphatic heterocycles. The largest absolute Gasteiger partial charge is 0.465 e. The first kappa shape index (κ1) is 18.3. The number of ether oxygens (including phenoxy) is 2. The third-order valence-electron chi connectivity index (χ3n) is 4.51. The molecule has 1 amide bonds. The second-order valence-electron chi connectivity index (χ2n) is 6.03. The van der Waals surface area contributed by atoms with Gasteiger partial charge in [0.05, 0.1) is 35.9 Å². The Morgan fingerprint density at radius 3 is 2.81 bits per heavy atom. The number of carbonyl (C=O) groups excluding carboxylic acids is 2. The minimum Gasteiger partial charge on any atom is -0.465 e. The van der Waals surface area contributed by atoms with Gasteiger partial charge in [-0.1, -0.05) is 11.6 Å². The average molecular weight is 379 g/mol. The molecule has 1 fully saturated rings. The highest BCUT2D eigenvalue weighted by atomic mass is 35.5. The van der Waals surface area contributed by atoms with Gasteiger partial charge in [0.1, 0.15) is 0 Å². The highest BCUT2D eigenvalue weighted by Gasteiger charge is 2.37. The molecule has 2 aromatic heterocycles. The van der Waals surface area contributed by atoms with Gasteiger partial charge in [0, 0.05) is 31.1 Å². The molecule has 138 valence electrons. The van der Waals surface area contributed by atoms with E-state index in [9.17, 15) is 9.59 Å². The number of pyridine rings is 1. The van der Waals surface area contributed by atoms with Crippen molar-refractivity contribution in [2.75, 3.05) is 19.0 Å². The molecule has 3 heterocycles. The Morgan fingerprint density at radius 2 is 2.19 bits per heavy atom. The molecule has 2 atom stereocenters. The topological polar surface area (TPSA) is 95.3 Å². The van der Waals surface area contributed by atoms with Gasteiger partial charge >= 0.3 is 5.97 Å². The molecule has 0 spiro atoms. The van der Waals surface area contributed by atoms with E-state index in [2.05, 4.69) is 20.1 Å². The summed E-state index contributed by atoms with van der Waals surface area (Å²) in [5.74, 6) is -0.974. The standard InChI is InChI=1S/C17H19ClN4O4/c1-9-12(8-20-22(9)2)14-11(4-5-26-14)16(23)21-15-13(18)6-10(7-19-15)17(24)25-3/h6-8,11,14H,4-5H2,1-3H3,(H,19,21,23)/t11-,14-/m0/s1. The molecule has 1 saturated heterocycles. The zero-order valence-corrected chi connectivity index (χ0v) is 15.4. The Balaban J connectivity index is 1.77. The van der Waals surface area contributed by atoms with Crippen molar-refractivity contribution < 1.29 is 19.1 Å². The van der Waals surface area contributed by atoms with E-state index in [1.54, 1.807) is 10.9 Å². The zero-order valence-electron chi connectivity index (χ0n) is 14.7. The quantitative estimate of drug-likeness (QED) is 0.820. The van der Waals surface area contributed by atoms with Crippen LogP contribution in [0.15, 0.2) is 18.5 Å². The number of hydrogen-bond acceptors (Lipinski definition) is 6. The number of carbonyl (C=O) groups is 2. The summed E-state index contributed by atoms with van der Waals surface area (Å²) >= 11 is 6.13. The maximum Gasteiger partial charge on any atom is 0.339 e. The monoisotopic (exact) mass is 378 g/mol. The number of amides is 1. The van der Waals surface area contributed by atoms with E-state index in [0.29, 0.717) is 13.0 Å². The smallest absolute Gasteiger partial charge is 0.339 e. The summed E-state index contributed by atoms with van der Waals surface area (Å²) in [4.78, 5) is 28.3. The predicted octanol–water partition coefficient (Wildman–Crippen LogP) is 2.28. The van der Waals surface area contributed by atoms with Crippen molar-refractivity contribution in [1.29, 1.82) is 0 Å². The van der Waals surface area contributed by atoms with Crippen molar-refractivity contribution in [2.45, 2.75) is 19.4 Å². The number of halogens is 1. The van der Waals surface area contributed by atoms with E-state index in [-0.39, 0.29) is 34.3 Å². The normalized spacial score (nSPS) is 19.4. The van der Waals surface area contributed by atoms with Gasteiger partial charge in [0.25, 0.3) is 0 Å². The van der Waals surface area contributed by atoms with Crippen LogP contribution in [0, 0.1) is 12.8 Å². The van der Waals surface area contributed by atoms with Crippen LogP contribution >= 0.6 is 11.6 Å². The van der Waals surface area contributed by atoms with Crippen molar-refractivity contribution in [3.05, 3.63) is 40.3 Å². The molecule has 1 aliphatic rings. The van der Waals surface area contributed by atoms with Gasteiger partial charge in [-0.05, 0) is 19.4 Å². The van der Waals surface area contributed by atoms with E-state index in [1.165, 1.54) is 19.4 Å². The van der Waals surface area contributed by atoms with Crippen molar-refractivity contribution in [1.82, 2.24) is 14.8 Å². The maximum atomic E-state index is 12.7. The lowest BCUT2D eigenvalue weighted by Crippen LogP contribution is -2.26. The molecule has 0 aliphatic carbocycles. The summed E-state index contributed by atoms with van der Waals surface area (Å²) in [6.45, 7) is 2.42. The highest BCUT2D eigenvalue weighted by Crippen LogP contribution is 2.37. The summed E-state index contributed by atoms with van der Waals surface area (Å²) < 4.78 is 12.1. The fourth-order valence-corrected chi connectivity index (χ4v) is 3.14. The van der Waals surface area contributed by atoms with Crippen LogP contribution in [-0.2, 0) is 21.3 Å². The lowest BCUT2D eigenvalue weighted by atomic mass is 9.95. The first-order valence-electron chi connectivity index (χ1n) is 8.07. The summed E-state index contributed by atoms with van der Waals surface area (Å²) in [5, 5.41) is 7.10. The first-order chi connectivity index (χ1) is 12.4. The molecule has 0 unspecified atom stereocenters. The number of anilines is 1. The number of nitrogens with zero attached hydrogens (tertiary/aromatic N) is 3. The van der Waals surface area contributed by atoms with E-state index in [0.717, 1.165) is 11.3 Å². The molecule has 0 saturated carbocycles. The van der Waals surface area contributed by atoms with Crippen LogP contribution in [0.3, 0.4) is 0 Å². The van der Waals surface area contributed by atoms with Gasteiger partial charge in [0.15, 0.2) is 5.82 Å². The Bertz CT molecular complexity index is 851.